The van der Waals surface area contributed by atoms with Gasteiger partial charge in [-0.1, -0.05) is 11.6 Å². The van der Waals surface area contributed by atoms with Crippen molar-refractivity contribution in [1.82, 2.24) is 9.97 Å². The quantitative estimate of drug-likeness (QED) is 0.818. The van der Waals surface area contributed by atoms with Gasteiger partial charge in [0.15, 0.2) is 6.29 Å². The summed E-state index contributed by atoms with van der Waals surface area (Å²) in [4.78, 5) is 17.6. The molecule has 1 aromatic heterocycles. The monoisotopic (exact) mass is 238 g/mol. The maximum atomic E-state index is 13.2. The summed E-state index contributed by atoms with van der Waals surface area (Å²) in [7, 11) is 0. The standard InChI is InChI=1S/C11H8ClFN2O/c1-6-10(5-16)15-11(14-6)7-2-3-8(12)9(13)4-7/h2-5H,1H3,(H,14,15). The Morgan fingerprint density at radius 2 is 2.25 bits per heavy atom. The smallest absolute Gasteiger partial charge is 0.170 e. The molecule has 5 heteroatoms. The van der Waals surface area contributed by atoms with E-state index in [-0.39, 0.29) is 5.02 Å². The number of imidazole rings is 1. The van der Waals surface area contributed by atoms with Crippen molar-refractivity contribution in [2.45, 2.75) is 6.92 Å². The molecular weight excluding hydrogens is 231 g/mol. The van der Waals surface area contributed by atoms with Gasteiger partial charge in [0.05, 0.1) is 5.02 Å². The fourth-order valence-corrected chi connectivity index (χ4v) is 1.49. The van der Waals surface area contributed by atoms with E-state index < -0.39 is 5.82 Å². The Hall–Kier alpha value is -1.68. The minimum atomic E-state index is -0.513. The molecule has 0 saturated heterocycles. The summed E-state index contributed by atoms with van der Waals surface area (Å²) >= 11 is 5.57. The highest BCUT2D eigenvalue weighted by molar-refractivity contribution is 6.30. The van der Waals surface area contributed by atoms with Crippen molar-refractivity contribution in [3.8, 4) is 11.4 Å². The maximum absolute atomic E-state index is 13.2. The van der Waals surface area contributed by atoms with Gasteiger partial charge in [-0.05, 0) is 25.1 Å². The number of nitrogens with zero attached hydrogens (tertiary/aromatic N) is 1. The van der Waals surface area contributed by atoms with Gasteiger partial charge in [0.1, 0.15) is 17.3 Å². The Kier molecular flexibility index (Phi) is 2.75. The number of rotatable bonds is 2. The van der Waals surface area contributed by atoms with Crippen LogP contribution in [0.2, 0.25) is 5.02 Å². The van der Waals surface area contributed by atoms with Crippen LogP contribution in [-0.2, 0) is 0 Å². The first-order chi connectivity index (χ1) is 7.61. The lowest BCUT2D eigenvalue weighted by atomic mass is 10.2. The zero-order valence-electron chi connectivity index (χ0n) is 8.42. The first-order valence-corrected chi connectivity index (χ1v) is 4.97. The first kappa shape index (κ1) is 10.8. The third-order valence-electron chi connectivity index (χ3n) is 2.23. The third kappa shape index (κ3) is 1.84. The molecule has 0 bridgehead atoms. The van der Waals surface area contributed by atoms with E-state index in [0.29, 0.717) is 29.1 Å². The highest BCUT2D eigenvalue weighted by Crippen LogP contribution is 2.22. The van der Waals surface area contributed by atoms with Gasteiger partial charge < -0.3 is 4.98 Å². The van der Waals surface area contributed by atoms with Crippen LogP contribution in [0.1, 0.15) is 16.2 Å². The maximum Gasteiger partial charge on any atom is 0.170 e. The van der Waals surface area contributed by atoms with E-state index >= 15 is 0 Å². The van der Waals surface area contributed by atoms with Crippen molar-refractivity contribution in [3.63, 3.8) is 0 Å². The number of nitrogens with one attached hydrogen (secondary N) is 1. The van der Waals surface area contributed by atoms with Crippen LogP contribution in [0, 0.1) is 12.7 Å². The van der Waals surface area contributed by atoms with Gasteiger partial charge in [0.2, 0.25) is 0 Å². The van der Waals surface area contributed by atoms with Crippen LogP contribution in [0.15, 0.2) is 18.2 Å². The van der Waals surface area contributed by atoms with Crippen LogP contribution >= 0.6 is 11.6 Å². The molecule has 0 atom stereocenters. The van der Waals surface area contributed by atoms with Crippen LogP contribution in [0.5, 0.6) is 0 Å². The van der Waals surface area contributed by atoms with Crippen LogP contribution in [0.25, 0.3) is 11.4 Å². The van der Waals surface area contributed by atoms with Crippen molar-refractivity contribution in [2.75, 3.05) is 0 Å². The van der Waals surface area contributed by atoms with Crippen LogP contribution in [-0.4, -0.2) is 16.3 Å². The molecule has 0 fully saturated rings. The molecule has 1 aromatic carbocycles. The van der Waals surface area contributed by atoms with Crippen molar-refractivity contribution >= 4 is 17.9 Å². The first-order valence-electron chi connectivity index (χ1n) is 4.59. The van der Waals surface area contributed by atoms with Crippen molar-refractivity contribution in [3.05, 3.63) is 40.4 Å². The van der Waals surface area contributed by atoms with E-state index in [2.05, 4.69) is 9.97 Å². The molecule has 0 amide bonds. The fraction of sp³-hybridized carbons (Fsp3) is 0.0909. The zero-order chi connectivity index (χ0) is 11.7. The molecular formula is C11H8ClFN2O. The third-order valence-corrected chi connectivity index (χ3v) is 2.53. The predicted octanol–water partition coefficient (Wildman–Crippen LogP) is 2.99. The van der Waals surface area contributed by atoms with Crippen LogP contribution < -0.4 is 0 Å². The molecule has 0 saturated carbocycles. The Bertz CT molecular complexity index is 551. The normalized spacial score (nSPS) is 10.4. The second kappa shape index (κ2) is 4.06. The summed E-state index contributed by atoms with van der Waals surface area (Å²) in [5, 5.41) is 0.0580. The number of aldehydes is 1. The summed E-state index contributed by atoms with van der Waals surface area (Å²) in [6.07, 6.45) is 0.654. The number of halogens is 2. The summed E-state index contributed by atoms with van der Waals surface area (Å²) in [6.45, 7) is 1.73. The molecule has 1 heterocycles. The number of carbonyl (C=O) groups is 1. The zero-order valence-corrected chi connectivity index (χ0v) is 9.18. The van der Waals surface area contributed by atoms with Crippen LogP contribution in [0.3, 0.4) is 0 Å². The van der Waals surface area contributed by atoms with E-state index in [9.17, 15) is 9.18 Å². The van der Waals surface area contributed by atoms with Crippen LogP contribution in [0.4, 0.5) is 4.39 Å². The minimum Gasteiger partial charge on any atom is -0.341 e. The number of aryl methyl sites for hydroxylation is 1. The molecule has 1 N–H and O–H groups in total. The number of carbonyl (C=O) groups excluding carboxylic acids is 1. The van der Waals surface area contributed by atoms with Gasteiger partial charge in [0, 0.05) is 11.3 Å². The topological polar surface area (TPSA) is 45.8 Å². The SMILES string of the molecule is Cc1[nH]c(-c2ccc(Cl)c(F)c2)nc1C=O. The van der Waals surface area contributed by atoms with Gasteiger partial charge in [-0.15, -0.1) is 0 Å². The van der Waals surface area contributed by atoms with Crippen molar-refractivity contribution in [2.24, 2.45) is 0 Å². The predicted molar refractivity (Wildman–Crippen MR) is 59.1 cm³/mol. The van der Waals surface area contributed by atoms with E-state index in [0.717, 1.165) is 0 Å². The summed E-state index contributed by atoms with van der Waals surface area (Å²) in [5.41, 5.74) is 1.53. The molecule has 2 aromatic rings. The molecule has 16 heavy (non-hydrogen) atoms. The molecule has 0 radical (unpaired) electrons. The average molecular weight is 239 g/mol. The van der Waals surface area contributed by atoms with Gasteiger partial charge in [-0.25, -0.2) is 9.37 Å². The molecule has 0 aliphatic carbocycles. The van der Waals surface area contributed by atoms with Gasteiger partial charge >= 0.3 is 0 Å². The Morgan fingerprint density at radius 1 is 1.50 bits per heavy atom. The Morgan fingerprint density at radius 3 is 2.81 bits per heavy atom. The molecule has 0 unspecified atom stereocenters. The molecule has 2 rings (SSSR count). The second-order valence-corrected chi connectivity index (χ2v) is 3.75. The molecule has 0 spiro atoms. The molecule has 82 valence electrons. The number of benzene rings is 1. The van der Waals surface area contributed by atoms with E-state index in [1.807, 2.05) is 0 Å². The largest absolute Gasteiger partial charge is 0.341 e. The fourth-order valence-electron chi connectivity index (χ4n) is 1.37. The number of aromatic amines is 1. The average Bonchev–Trinajstić information content (AvgIpc) is 2.64. The lowest BCUT2D eigenvalue weighted by Gasteiger charge is -1.98. The molecule has 0 aliphatic heterocycles. The summed E-state index contributed by atoms with van der Waals surface area (Å²) in [6, 6.07) is 4.36. The number of H-pyrrole nitrogens is 1. The summed E-state index contributed by atoms with van der Waals surface area (Å²) in [5.74, 6) is -0.0592. The molecule has 0 aliphatic rings. The van der Waals surface area contributed by atoms with E-state index in [1.165, 1.54) is 12.1 Å². The highest BCUT2D eigenvalue weighted by atomic mass is 35.5. The Labute approximate surface area is 96.3 Å². The summed E-state index contributed by atoms with van der Waals surface area (Å²) < 4.78 is 13.2. The van der Waals surface area contributed by atoms with Crippen molar-refractivity contribution < 1.29 is 9.18 Å². The van der Waals surface area contributed by atoms with Gasteiger partial charge in [-0.2, -0.15) is 0 Å². The lowest BCUT2D eigenvalue weighted by molar-refractivity contribution is 0.111. The van der Waals surface area contributed by atoms with Gasteiger partial charge in [-0.3, -0.25) is 4.79 Å². The second-order valence-electron chi connectivity index (χ2n) is 3.34. The highest BCUT2D eigenvalue weighted by Gasteiger charge is 2.09. The lowest BCUT2D eigenvalue weighted by Crippen LogP contribution is -1.84. The number of aromatic nitrogens is 2. The number of hydrogen-bond acceptors (Lipinski definition) is 2. The van der Waals surface area contributed by atoms with Crippen molar-refractivity contribution in [1.29, 1.82) is 0 Å². The minimum absolute atomic E-state index is 0.0580. The Balaban J connectivity index is 2.50. The van der Waals surface area contributed by atoms with Gasteiger partial charge in [0.25, 0.3) is 0 Å². The van der Waals surface area contributed by atoms with E-state index in [4.69, 9.17) is 11.6 Å². The molecule has 3 nitrogen and oxygen atoms in total. The number of hydrogen-bond donors (Lipinski definition) is 1. The van der Waals surface area contributed by atoms with E-state index in [1.54, 1.807) is 13.0 Å².